The summed E-state index contributed by atoms with van der Waals surface area (Å²) in [6, 6.07) is 28.6. The lowest BCUT2D eigenvalue weighted by atomic mass is 10.0. The molecule has 0 aliphatic carbocycles. The number of nitrogens with one attached hydrogen (secondary N) is 1. The number of carboxylic acids is 2. The van der Waals surface area contributed by atoms with Crippen molar-refractivity contribution in [2.45, 2.75) is 37.3 Å². The number of benzene rings is 3. The van der Waals surface area contributed by atoms with Crippen LogP contribution >= 0.6 is 11.6 Å². The highest BCUT2D eigenvalue weighted by Gasteiger charge is 2.41. The number of hydrogen-bond donors (Lipinski definition) is 3. The molecule has 0 amide bonds. The van der Waals surface area contributed by atoms with Gasteiger partial charge in [0, 0.05) is 11.2 Å². The Bertz CT molecular complexity index is 1530. The van der Waals surface area contributed by atoms with Crippen LogP contribution in [0.2, 0.25) is 5.02 Å². The molecule has 0 radical (unpaired) electrons. The summed E-state index contributed by atoms with van der Waals surface area (Å²) >= 11 is 5.99. The van der Waals surface area contributed by atoms with Crippen LogP contribution in [-0.4, -0.2) is 70.5 Å². The van der Waals surface area contributed by atoms with Crippen molar-refractivity contribution < 1.29 is 43.6 Å². The number of carbonyl (C=O) groups is 4. The largest absolute Gasteiger partial charge is 0.478 e. The molecule has 0 spiro atoms. The van der Waals surface area contributed by atoms with E-state index in [2.05, 4.69) is 10.3 Å². The highest BCUT2D eigenvalue weighted by molar-refractivity contribution is 6.30. The third kappa shape index (κ3) is 10.5. The fraction of sp³-hybridized carbons (Fsp3) is 0.229. The molecule has 4 aromatic rings. The Balaban J connectivity index is 0.000000217. The zero-order valence-corrected chi connectivity index (χ0v) is 25.9. The van der Waals surface area contributed by atoms with E-state index in [0.29, 0.717) is 0 Å². The monoisotopic (exact) mass is 660 g/mol. The minimum atomic E-state index is -2.21. The van der Waals surface area contributed by atoms with Crippen molar-refractivity contribution >= 4 is 35.5 Å². The highest BCUT2D eigenvalue weighted by atomic mass is 35.5. The SMILES string of the molecule is Clc1ccc(C(OC2CCNCC2)c2ccccn2)cc1.O=C(OC(C(=O)O)C(OC(=O)c1ccccc1)C(=O)O)c1ccccc1. The van der Waals surface area contributed by atoms with Crippen LogP contribution in [0, 0.1) is 0 Å². The van der Waals surface area contributed by atoms with Crippen LogP contribution in [0.4, 0.5) is 0 Å². The molecule has 0 bridgehead atoms. The van der Waals surface area contributed by atoms with Gasteiger partial charge < -0.3 is 29.7 Å². The number of aromatic nitrogens is 1. The second-order valence-corrected chi connectivity index (χ2v) is 10.8. The van der Waals surface area contributed by atoms with Gasteiger partial charge in [-0.25, -0.2) is 19.2 Å². The van der Waals surface area contributed by atoms with Gasteiger partial charge in [-0.05, 0) is 80.0 Å². The van der Waals surface area contributed by atoms with Gasteiger partial charge in [0.2, 0.25) is 12.2 Å². The third-order valence-electron chi connectivity index (χ3n) is 6.99. The third-order valence-corrected chi connectivity index (χ3v) is 7.24. The summed E-state index contributed by atoms with van der Waals surface area (Å²) < 4.78 is 15.9. The molecule has 3 N–H and O–H groups in total. The fourth-order valence-electron chi connectivity index (χ4n) is 4.61. The summed E-state index contributed by atoms with van der Waals surface area (Å²) in [4.78, 5) is 51.3. The van der Waals surface area contributed by atoms with Gasteiger partial charge in [0.25, 0.3) is 0 Å². The Kier molecular flexibility index (Phi) is 13.0. The lowest BCUT2D eigenvalue weighted by Gasteiger charge is -2.28. The molecule has 1 aliphatic rings. The van der Waals surface area contributed by atoms with Crippen LogP contribution < -0.4 is 5.32 Å². The molecule has 1 aliphatic heterocycles. The average Bonchev–Trinajstić information content (AvgIpc) is 3.10. The number of carboxylic acid groups (broad SMARTS) is 2. The van der Waals surface area contributed by atoms with Gasteiger partial charge in [-0.1, -0.05) is 66.2 Å². The van der Waals surface area contributed by atoms with Crippen molar-refractivity contribution in [2.24, 2.45) is 0 Å². The number of halogens is 1. The van der Waals surface area contributed by atoms with E-state index in [4.69, 9.17) is 25.8 Å². The lowest BCUT2D eigenvalue weighted by Crippen LogP contribution is -2.45. The zero-order chi connectivity index (χ0) is 33.6. The molecule has 3 unspecified atom stereocenters. The summed E-state index contributed by atoms with van der Waals surface area (Å²) in [5.41, 5.74) is 2.09. The van der Waals surface area contributed by atoms with E-state index in [1.54, 1.807) is 12.1 Å². The van der Waals surface area contributed by atoms with Crippen LogP contribution in [-0.2, 0) is 23.8 Å². The maximum atomic E-state index is 12.0. The van der Waals surface area contributed by atoms with Crippen molar-refractivity contribution in [3.63, 3.8) is 0 Å². The van der Waals surface area contributed by atoms with Crippen LogP contribution in [0.1, 0.15) is 50.9 Å². The Labute approximate surface area is 276 Å². The number of pyridine rings is 1. The van der Waals surface area contributed by atoms with Crippen molar-refractivity contribution in [3.05, 3.63) is 137 Å². The first-order valence-electron chi connectivity index (χ1n) is 14.7. The van der Waals surface area contributed by atoms with Gasteiger partial charge in [0.05, 0.1) is 22.9 Å². The van der Waals surface area contributed by atoms with E-state index in [9.17, 15) is 29.4 Å². The van der Waals surface area contributed by atoms with Crippen LogP contribution in [0.15, 0.2) is 109 Å². The van der Waals surface area contributed by atoms with Gasteiger partial charge in [0.1, 0.15) is 6.10 Å². The Morgan fingerprint density at radius 2 is 1.19 bits per heavy atom. The van der Waals surface area contributed by atoms with Crippen molar-refractivity contribution in [2.75, 3.05) is 13.1 Å². The zero-order valence-electron chi connectivity index (χ0n) is 25.1. The maximum absolute atomic E-state index is 12.0. The molecular weight excluding hydrogens is 628 g/mol. The van der Waals surface area contributed by atoms with E-state index < -0.39 is 36.1 Å². The van der Waals surface area contributed by atoms with Crippen LogP contribution in [0.25, 0.3) is 0 Å². The number of ether oxygens (including phenoxy) is 3. The average molecular weight is 661 g/mol. The van der Waals surface area contributed by atoms with E-state index >= 15 is 0 Å². The Morgan fingerprint density at radius 1 is 0.702 bits per heavy atom. The summed E-state index contributed by atoms with van der Waals surface area (Å²) in [6.07, 6.45) is -0.404. The number of carbonyl (C=O) groups excluding carboxylic acids is 2. The molecule has 1 fully saturated rings. The van der Waals surface area contributed by atoms with Gasteiger partial charge >= 0.3 is 23.9 Å². The summed E-state index contributed by atoms with van der Waals surface area (Å²) in [6.45, 7) is 2.03. The highest BCUT2D eigenvalue weighted by Crippen LogP contribution is 2.29. The summed E-state index contributed by atoms with van der Waals surface area (Å²) in [5, 5.41) is 22.6. The molecule has 5 rings (SSSR count). The van der Waals surface area contributed by atoms with Gasteiger partial charge in [-0.3, -0.25) is 4.98 Å². The maximum Gasteiger partial charge on any atom is 0.349 e. The molecule has 1 aromatic heterocycles. The minimum Gasteiger partial charge on any atom is -0.478 e. The second-order valence-electron chi connectivity index (χ2n) is 10.3. The van der Waals surface area contributed by atoms with Crippen molar-refractivity contribution in [3.8, 4) is 0 Å². The molecule has 12 heteroatoms. The van der Waals surface area contributed by atoms with E-state index in [-0.39, 0.29) is 23.3 Å². The number of nitrogens with zero attached hydrogens (tertiary/aromatic N) is 1. The summed E-state index contributed by atoms with van der Waals surface area (Å²) in [5.74, 6) is -5.63. The topological polar surface area (TPSA) is 161 Å². The second kappa shape index (κ2) is 17.6. The van der Waals surface area contributed by atoms with Crippen molar-refractivity contribution in [1.82, 2.24) is 10.3 Å². The van der Waals surface area contributed by atoms with Gasteiger partial charge in [-0.2, -0.15) is 0 Å². The molecule has 3 atom stereocenters. The first-order chi connectivity index (χ1) is 22.7. The number of piperidine rings is 1. The Hall–Kier alpha value is -5.10. The first kappa shape index (κ1) is 34.8. The van der Waals surface area contributed by atoms with E-state index in [1.165, 1.54) is 48.5 Å². The number of esters is 2. The fourth-order valence-corrected chi connectivity index (χ4v) is 4.74. The van der Waals surface area contributed by atoms with Gasteiger partial charge in [0.15, 0.2) is 0 Å². The molecule has 2 heterocycles. The van der Waals surface area contributed by atoms with E-state index in [0.717, 1.165) is 42.2 Å². The van der Waals surface area contributed by atoms with Crippen molar-refractivity contribution in [1.29, 1.82) is 0 Å². The molecule has 244 valence electrons. The molecule has 0 saturated carbocycles. The quantitative estimate of drug-likeness (QED) is 0.181. The minimum absolute atomic E-state index is 0.0253. The smallest absolute Gasteiger partial charge is 0.349 e. The molecule has 11 nitrogen and oxygen atoms in total. The molecule has 47 heavy (non-hydrogen) atoms. The Morgan fingerprint density at radius 3 is 1.64 bits per heavy atom. The summed E-state index contributed by atoms with van der Waals surface area (Å²) in [7, 11) is 0. The number of aliphatic carboxylic acids is 2. The predicted molar refractivity (Wildman–Crippen MR) is 171 cm³/mol. The number of rotatable bonds is 11. The normalized spacial score (nSPS) is 14.7. The lowest BCUT2D eigenvalue weighted by molar-refractivity contribution is -0.166. The molecule has 3 aromatic carbocycles. The number of hydrogen-bond acceptors (Lipinski definition) is 9. The first-order valence-corrected chi connectivity index (χ1v) is 15.1. The predicted octanol–water partition coefficient (Wildman–Crippen LogP) is 5.20. The van der Waals surface area contributed by atoms with Gasteiger partial charge in [-0.15, -0.1) is 0 Å². The molecular formula is C35H33ClN2O9. The van der Waals surface area contributed by atoms with Crippen LogP contribution in [0.5, 0.6) is 0 Å². The standard InChI is InChI=1S/C18H14O8.C17H19ClN2O/c19-15(20)13(25-17(23)11-7-3-1-4-8-11)14(16(21)22)26-18(24)12-9-5-2-6-10-12;18-14-6-4-13(5-7-14)17(16-3-1-2-10-20-16)21-15-8-11-19-12-9-15/h1-10,13-14H,(H,19,20)(H,21,22);1-7,10,15,17,19H,8-9,11-12H2. The van der Waals surface area contributed by atoms with Crippen LogP contribution in [0.3, 0.4) is 0 Å². The van der Waals surface area contributed by atoms with E-state index in [1.807, 2.05) is 48.7 Å². The molecule has 1 saturated heterocycles.